The molecule has 2 aromatic rings. The Morgan fingerprint density at radius 1 is 1.16 bits per heavy atom. The molecule has 0 spiro atoms. The van der Waals surface area contributed by atoms with Crippen LogP contribution in [0.5, 0.6) is 11.5 Å². The monoisotopic (exact) mass is 336 g/mol. The maximum absolute atomic E-state index is 5.79. The van der Waals surface area contributed by atoms with Crippen LogP contribution in [0.25, 0.3) is 6.08 Å². The molecular weight excluding hydrogens is 312 g/mol. The van der Waals surface area contributed by atoms with Crippen LogP contribution >= 0.6 is 0 Å². The van der Waals surface area contributed by atoms with Crippen LogP contribution in [0.1, 0.15) is 37.8 Å². The third kappa shape index (κ3) is 4.27. The normalized spacial score (nSPS) is 16.0. The van der Waals surface area contributed by atoms with Crippen molar-refractivity contribution in [2.24, 2.45) is 4.99 Å². The molecule has 0 N–H and O–H groups in total. The standard InChI is InChI=1S/C21H24N2O2/c1-15(2)25-19-9-8-16(13-20(19)24-3)12-17-6-5-11-23-21(17)18-7-4-10-22-14-18/h4,7-10,12-15H,5-6,11H2,1-3H3/b17-12+. The molecule has 1 aromatic carbocycles. The summed E-state index contributed by atoms with van der Waals surface area (Å²) in [5.41, 5.74) is 4.43. The molecule has 130 valence electrons. The Bertz CT molecular complexity index is 780. The van der Waals surface area contributed by atoms with Crippen molar-refractivity contribution in [2.45, 2.75) is 32.8 Å². The average Bonchev–Trinajstić information content (AvgIpc) is 2.64. The van der Waals surface area contributed by atoms with E-state index < -0.39 is 0 Å². The first-order valence-corrected chi connectivity index (χ1v) is 8.68. The molecule has 0 atom stereocenters. The number of aromatic nitrogens is 1. The van der Waals surface area contributed by atoms with Crippen LogP contribution < -0.4 is 9.47 Å². The van der Waals surface area contributed by atoms with Gasteiger partial charge in [0, 0.05) is 24.5 Å². The molecule has 2 heterocycles. The molecule has 0 saturated carbocycles. The molecule has 1 aromatic heterocycles. The minimum Gasteiger partial charge on any atom is -0.493 e. The first-order valence-electron chi connectivity index (χ1n) is 8.68. The second-order valence-corrected chi connectivity index (χ2v) is 6.32. The summed E-state index contributed by atoms with van der Waals surface area (Å²) in [6, 6.07) is 10.0. The SMILES string of the molecule is COc1cc(/C=C2\CCCN=C2c2cccnc2)ccc1OC(C)C. The average molecular weight is 336 g/mol. The molecule has 1 aliphatic heterocycles. The van der Waals surface area contributed by atoms with Gasteiger partial charge in [0.25, 0.3) is 0 Å². The Labute approximate surface area is 149 Å². The van der Waals surface area contributed by atoms with E-state index in [9.17, 15) is 0 Å². The van der Waals surface area contributed by atoms with Crippen molar-refractivity contribution in [3.05, 3.63) is 59.4 Å². The summed E-state index contributed by atoms with van der Waals surface area (Å²) < 4.78 is 11.3. The number of hydrogen-bond acceptors (Lipinski definition) is 4. The van der Waals surface area contributed by atoms with Crippen LogP contribution in [0.15, 0.2) is 53.3 Å². The van der Waals surface area contributed by atoms with E-state index in [1.165, 1.54) is 5.57 Å². The van der Waals surface area contributed by atoms with Gasteiger partial charge >= 0.3 is 0 Å². The van der Waals surface area contributed by atoms with E-state index in [1.807, 2.05) is 38.2 Å². The van der Waals surface area contributed by atoms with Crippen LogP contribution in [0.3, 0.4) is 0 Å². The van der Waals surface area contributed by atoms with Gasteiger partial charge in [0.2, 0.25) is 0 Å². The third-order valence-electron chi connectivity index (χ3n) is 4.00. The zero-order valence-electron chi connectivity index (χ0n) is 15.0. The predicted octanol–water partition coefficient (Wildman–Crippen LogP) is 4.54. The molecule has 0 bridgehead atoms. The Hall–Kier alpha value is -2.62. The number of hydrogen-bond donors (Lipinski definition) is 0. The number of nitrogens with zero attached hydrogens (tertiary/aromatic N) is 2. The van der Waals surface area contributed by atoms with Crippen LogP contribution in [0.4, 0.5) is 0 Å². The fraction of sp³-hybridized carbons (Fsp3) is 0.333. The van der Waals surface area contributed by atoms with Gasteiger partial charge in [0.15, 0.2) is 11.5 Å². The summed E-state index contributed by atoms with van der Waals surface area (Å²) in [4.78, 5) is 8.95. The van der Waals surface area contributed by atoms with E-state index in [0.717, 1.165) is 47.7 Å². The van der Waals surface area contributed by atoms with E-state index in [2.05, 4.69) is 23.2 Å². The lowest BCUT2D eigenvalue weighted by Crippen LogP contribution is -2.12. The highest BCUT2D eigenvalue weighted by Crippen LogP contribution is 2.31. The third-order valence-corrected chi connectivity index (χ3v) is 4.00. The van der Waals surface area contributed by atoms with Crippen LogP contribution in [0, 0.1) is 0 Å². The Balaban J connectivity index is 1.93. The van der Waals surface area contributed by atoms with Gasteiger partial charge in [0.05, 0.1) is 18.9 Å². The lowest BCUT2D eigenvalue weighted by atomic mass is 9.95. The quantitative estimate of drug-likeness (QED) is 0.805. The van der Waals surface area contributed by atoms with E-state index in [0.29, 0.717) is 0 Å². The molecule has 1 aliphatic rings. The summed E-state index contributed by atoms with van der Waals surface area (Å²) >= 11 is 0. The smallest absolute Gasteiger partial charge is 0.161 e. The van der Waals surface area contributed by atoms with Gasteiger partial charge in [-0.05, 0) is 68.2 Å². The Morgan fingerprint density at radius 2 is 2.04 bits per heavy atom. The van der Waals surface area contributed by atoms with Gasteiger partial charge in [0.1, 0.15) is 0 Å². The minimum absolute atomic E-state index is 0.112. The molecule has 3 rings (SSSR count). The van der Waals surface area contributed by atoms with Gasteiger partial charge in [-0.1, -0.05) is 6.07 Å². The number of pyridine rings is 1. The van der Waals surface area contributed by atoms with Gasteiger partial charge in [-0.15, -0.1) is 0 Å². The van der Waals surface area contributed by atoms with Crippen molar-refractivity contribution < 1.29 is 9.47 Å². The van der Waals surface area contributed by atoms with Gasteiger partial charge < -0.3 is 9.47 Å². The zero-order valence-corrected chi connectivity index (χ0v) is 15.0. The second-order valence-electron chi connectivity index (χ2n) is 6.32. The molecule has 0 amide bonds. The number of rotatable bonds is 5. The van der Waals surface area contributed by atoms with Gasteiger partial charge in [-0.2, -0.15) is 0 Å². The topological polar surface area (TPSA) is 43.7 Å². The van der Waals surface area contributed by atoms with Gasteiger partial charge in [-0.3, -0.25) is 9.98 Å². The first-order chi connectivity index (χ1) is 12.2. The van der Waals surface area contributed by atoms with E-state index in [4.69, 9.17) is 14.5 Å². The van der Waals surface area contributed by atoms with Crippen LogP contribution in [-0.2, 0) is 0 Å². The molecule has 4 nitrogen and oxygen atoms in total. The van der Waals surface area contributed by atoms with E-state index >= 15 is 0 Å². The number of aliphatic imine (C=N–C) groups is 1. The highest BCUT2D eigenvalue weighted by Gasteiger charge is 2.15. The fourth-order valence-electron chi connectivity index (χ4n) is 2.93. The lowest BCUT2D eigenvalue weighted by Gasteiger charge is -2.17. The molecule has 25 heavy (non-hydrogen) atoms. The Morgan fingerprint density at radius 3 is 2.76 bits per heavy atom. The van der Waals surface area contributed by atoms with E-state index in [1.54, 1.807) is 13.3 Å². The van der Waals surface area contributed by atoms with Crippen molar-refractivity contribution in [3.63, 3.8) is 0 Å². The summed E-state index contributed by atoms with van der Waals surface area (Å²) in [6.45, 7) is 4.88. The van der Waals surface area contributed by atoms with Gasteiger partial charge in [-0.25, -0.2) is 0 Å². The van der Waals surface area contributed by atoms with Crippen molar-refractivity contribution in [2.75, 3.05) is 13.7 Å². The van der Waals surface area contributed by atoms with E-state index in [-0.39, 0.29) is 6.10 Å². The fourth-order valence-corrected chi connectivity index (χ4v) is 2.93. The van der Waals surface area contributed by atoms with Crippen molar-refractivity contribution in [3.8, 4) is 11.5 Å². The largest absolute Gasteiger partial charge is 0.493 e. The van der Waals surface area contributed by atoms with Crippen LogP contribution in [0.2, 0.25) is 0 Å². The molecule has 0 saturated heterocycles. The molecule has 0 radical (unpaired) electrons. The maximum atomic E-state index is 5.79. The first kappa shape index (κ1) is 17.2. The highest BCUT2D eigenvalue weighted by molar-refractivity contribution is 6.15. The number of allylic oxidation sites excluding steroid dienone is 1. The zero-order chi connectivity index (χ0) is 17.6. The molecule has 0 unspecified atom stereocenters. The van der Waals surface area contributed by atoms with Crippen molar-refractivity contribution in [1.82, 2.24) is 4.98 Å². The summed E-state index contributed by atoms with van der Waals surface area (Å²) in [6.07, 6.45) is 8.04. The minimum atomic E-state index is 0.112. The van der Waals surface area contributed by atoms with Crippen molar-refractivity contribution in [1.29, 1.82) is 0 Å². The summed E-state index contributed by atoms with van der Waals surface area (Å²) in [5, 5.41) is 0. The summed E-state index contributed by atoms with van der Waals surface area (Å²) in [7, 11) is 1.67. The molecule has 0 fully saturated rings. The van der Waals surface area contributed by atoms with Crippen molar-refractivity contribution >= 4 is 11.8 Å². The highest BCUT2D eigenvalue weighted by atomic mass is 16.5. The molecule has 4 heteroatoms. The number of benzene rings is 1. The number of ether oxygens (including phenoxy) is 2. The summed E-state index contributed by atoms with van der Waals surface area (Å²) in [5.74, 6) is 1.52. The Kier molecular flexibility index (Phi) is 5.49. The lowest BCUT2D eigenvalue weighted by molar-refractivity contribution is 0.230. The molecular formula is C21H24N2O2. The second kappa shape index (κ2) is 7.97. The maximum Gasteiger partial charge on any atom is 0.161 e. The number of methoxy groups -OCH3 is 1. The van der Waals surface area contributed by atoms with Crippen LogP contribution in [-0.4, -0.2) is 30.5 Å². The molecule has 0 aliphatic carbocycles. The predicted molar refractivity (Wildman–Crippen MR) is 102 cm³/mol.